The summed E-state index contributed by atoms with van der Waals surface area (Å²) in [5.41, 5.74) is 0. The van der Waals surface area contributed by atoms with Gasteiger partial charge in [-0.1, -0.05) is 6.92 Å². The van der Waals surface area contributed by atoms with Crippen molar-refractivity contribution in [1.29, 1.82) is 0 Å². The maximum atomic E-state index is 3.35. The fourth-order valence-electron chi connectivity index (χ4n) is 2.11. The zero-order valence-corrected chi connectivity index (χ0v) is 8.57. The highest BCUT2D eigenvalue weighted by molar-refractivity contribution is 7.99. The molecule has 0 saturated carbocycles. The lowest BCUT2D eigenvalue weighted by molar-refractivity contribution is 0.113. The highest BCUT2D eigenvalue weighted by atomic mass is 32.2. The summed E-state index contributed by atoms with van der Waals surface area (Å²) >= 11 is 2.12. The van der Waals surface area contributed by atoms with Crippen molar-refractivity contribution in [3.63, 3.8) is 0 Å². The largest absolute Gasteiger partial charge is 0.314 e. The normalized spacial score (nSPS) is 31.0. The van der Waals surface area contributed by atoms with E-state index < -0.39 is 0 Å². The molecule has 70 valence electrons. The van der Waals surface area contributed by atoms with Crippen molar-refractivity contribution in [2.45, 2.75) is 25.4 Å². The Kier molecular flexibility index (Phi) is 2.94. The lowest BCUT2D eigenvalue weighted by atomic mass is 10.1. The van der Waals surface area contributed by atoms with Gasteiger partial charge in [0.25, 0.3) is 0 Å². The van der Waals surface area contributed by atoms with Gasteiger partial charge in [-0.3, -0.25) is 4.90 Å². The fraction of sp³-hybridized carbons (Fsp3) is 1.00. The van der Waals surface area contributed by atoms with Crippen molar-refractivity contribution in [2.24, 2.45) is 0 Å². The molecule has 0 spiro atoms. The van der Waals surface area contributed by atoms with Gasteiger partial charge in [-0.15, -0.1) is 0 Å². The Morgan fingerprint density at radius 1 is 1.42 bits per heavy atom. The molecule has 0 aromatic heterocycles. The van der Waals surface area contributed by atoms with Crippen LogP contribution < -0.4 is 5.32 Å². The van der Waals surface area contributed by atoms with Crippen LogP contribution in [0.25, 0.3) is 0 Å². The van der Waals surface area contributed by atoms with Crippen LogP contribution in [0.1, 0.15) is 13.3 Å². The van der Waals surface area contributed by atoms with E-state index in [1.807, 2.05) is 0 Å². The van der Waals surface area contributed by atoms with Crippen LogP contribution in [0.2, 0.25) is 0 Å². The Morgan fingerprint density at radius 2 is 2.25 bits per heavy atom. The predicted octanol–water partition coefficient (Wildman–Crippen LogP) is 0.786. The molecule has 0 aromatic rings. The number of nitrogens with one attached hydrogen (secondary N) is 1. The molecule has 1 atom stereocenters. The minimum Gasteiger partial charge on any atom is -0.314 e. The van der Waals surface area contributed by atoms with E-state index in [2.05, 4.69) is 28.9 Å². The third kappa shape index (κ3) is 1.63. The zero-order chi connectivity index (χ0) is 8.39. The minimum atomic E-state index is 0.846. The van der Waals surface area contributed by atoms with E-state index in [-0.39, 0.29) is 0 Å². The third-order valence-corrected chi connectivity index (χ3v) is 4.11. The molecule has 0 bridgehead atoms. The molecule has 1 N–H and O–H groups in total. The molecule has 2 aliphatic heterocycles. The predicted molar refractivity (Wildman–Crippen MR) is 54.8 cm³/mol. The summed E-state index contributed by atoms with van der Waals surface area (Å²) in [6.07, 6.45) is 1.41. The quantitative estimate of drug-likeness (QED) is 0.701. The number of rotatable bonds is 3. The topological polar surface area (TPSA) is 15.3 Å². The second-order valence-electron chi connectivity index (χ2n) is 3.66. The van der Waals surface area contributed by atoms with Gasteiger partial charge in [-0.25, -0.2) is 0 Å². The lowest BCUT2D eigenvalue weighted by Gasteiger charge is -2.41. The van der Waals surface area contributed by atoms with Crippen molar-refractivity contribution in [2.75, 3.05) is 31.1 Å². The molecule has 0 aromatic carbocycles. The van der Waals surface area contributed by atoms with Crippen LogP contribution in [0.3, 0.4) is 0 Å². The van der Waals surface area contributed by atoms with E-state index in [9.17, 15) is 0 Å². The molecular formula is C9H18N2S. The fourth-order valence-corrected chi connectivity index (χ4v) is 3.34. The zero-order valence-electron chi connectivity index (χ0n) is 7.75. The number of hydrogen-bond acceptors (Lipinski definition) is 3. The van der Waals surface area contributed by atoms with Crippen molar-refractivity contribution >= 4 is 11.8 Å². The van der Waals surface area contributed by atoms with Crippen LogP contribution in [0, 0.1) is 0 Å². The van der Waals surface area contributed by atoms with Crippen molar-refractivity contribution in [3.05, 3.63) is 0 Å². The summed E-state index contributed by atoms with van der Waals surface area (Å²) in [5, 5.41) is 3.35. The van der Waals surface area contributed by atoms with Crippen LogP contribution in [0.4, 0.5) is 0 Å². The van der Waals surface area contributed by atoms with Crippen LogP contribution in [0.15, 0.2) is 0 Å². The molecule has 0 aliphatic carbocycles. The van der Waals surface area contributed by atoms with Gasteiger partial charge in [0, 0.05) is 30.9 Å². The Labute approximate surface area is 79.1 Å². The van der Waals surface area contributed by atoms with Crippen LogP contribution in [-0.4, -0.2) is 48.1 Å². The van der Waals surface area contributed by atoms with Gasteiger partial charge >= 0.3 is 0 Å². The van der Waals surface area contributed by atoms with Crippen molar-refractivity contribution in [3.8, 4) is 0 Å². The third-order valence-electron chi connectivity index (χ3n) is 2.97. The first-order valence-electron chi connectivity index (χ1n) is 4.96. The van der Waals surface area contributed by atoms with Gasteiger partial charge < -0.3 is 5.32 Å². The van der Waals surface area contributed by atoms with E-state index in [0.29, 0.717) is 0 Å². The van der Waals surface area contributed by atoms with Gasteiger partial charge in [-0.05, 0) is 18.7 Å². The molecule has 2 rings (SSSR count). The van der Waals surface area contributed by atoms with Crippen molar-refractivity contribution < 1.29 is 0 Å². The number of thioether (sulfide) groups is 1. The smallest absolute Gasteiger partial charge is 0.0348 e. The van der Waals surface area contributed by atoms with Gasteiger partial charge in [0.2, 0.25) is 0 Å². The monoisotopic (exact) mass is 186 g/mol. The lowest BCUT2D eigenvalue weighted by Crippen LogP contribution is -2.59. The Hall–Kier alpha value is 0.270. The highest BCUT2D eigenvalue weighted by Gasteiger charge is 2.30. The maximum Gasteiger partial charge on any atom is 0.0348 e. The first-order chi connectivity index (χ1) is 5.92. The molecule has 1 unspecified atom stereocenters. The molecular weight excluding hydrogens is 168 g/mol. The summed E-state index contributed by atoms with van der Waals surface area (Å²) in [7, 11) is 0. The van der Waals surface area contributed by atoms with E-state index in [1.54, 1.807) is 0 Å². The maximum absolute atomic E-state index is 3.35. The average molecular weight is 186 g/mol. The van der Waals surface area contributed by atoms with Gasteiger partial charge in [0.05, 0.1) is 0 Å². The number of likely N-dealkylation sites (N-methyl/N-ethyl adjacent to an activating group) is 1. The first kappa shape index (κ1) is 8.85. The molecule has 2 aliphatic rings. The van der Waals surface area contributed by atoms with Gasteiger partial charge in [0.1, 0.15) is 0 Å². The second kappa shape index (κ2) is 3.99. The number of nitrogens with zero attached hydrogens (tertiary/aromatic N) is 1. The standard InChI is InChI=1S/C9H18N2S/c1-2-11(9-5-10-6-9)8-3-4-12-7-8/h8-10H,2-7H2,1H3. The molecule has 0 radical (unpaired) electrons. The van der Waals surface area contributed by atoms with E-state index >= 15 is 0 Å². The molecule has 3 heteroatoms. The minimum absolute atomic E-state index is 0.846. The van der Waals surface area contributed by atoms with Crippen molar-refractivity contribution in [1.82, 2.24) is 10.2 Å². The van der Waals surface area contributed by atoms with E-state index in [4.69, 9.17) is 0 Å². The van der Waals surface area contributed by atoms with E-state index in [0.717, 1.165) is 12.1 Å². The summed E-state index contributed by atoms with van der Waals surface area (Å²) in [5.74, 6) is 2.74. The summed E-state index contributed by atoms with van der Waals surface area (Å²) in [6.45, 7) is 5.96. The molecule has 12 heavy (non-hydrogen) atoms. The Bertz CT molecular complexity index is 141. The van der Waals surface area contributed by atoms with E-state index in [1.165, 1.54) is 37.6 Å². The van der Waals surface area contributed by atoms with Gasteiger partial charge in [-0.2, -0.15) is 11.8 Å². The SMILES string of the molecule is CCN(C1CNC1)C1CCSC1. The average Bonchev–Trinajstić information content (AvgIpc) is 2.47. The molecule has 0 amide bonds. The molecule has 2 fully saturated rings. The number of hydrogen-bond donors (Lipinski definition) is 1. The first-order valence-corrected chi connectivity index (χ1v) is 6.11. The second-order valence-corrected chi connectivity index (χ2v) is 4.81. The van der Waals surface area contributed by atoms with Gasteiger partial charge in [0.15, 0.2) is 0 Å². The summed E-state index contributed by atoms with van der Waals surface area (Å²) in [6, 6.07) is 1.73. The molecule has 2 heterocycles. The Morgan fingerprint density at radius 3 is 2.67 bits per heavy atom. The highest BCUT2D eigenvalue weighted by Crippen LogP contribution is 2.24. The van der Waals surface area contributed by atoms with Crippen LogP contribution >= 0.6 is 11.8 Å². The molecule has 2 nitrogen and oxygen atoms in total. The van der Waals surface area contributed by atoms with Crippen LogP contribution in [-0.2, 0) is 0 Å². The summed E-state index contributed by atoms with van der Waals surface area (Å²) in [4.78, 5) is 2.69. The molecule has 2 saturated heterocycles. The Balaban J connectivity index is 1.87. The van der Waals surface area contributed by atoms with Crippen LogP contribution in [0.5, 0.6) is 0 Å². The summed E-state index contributed by atoms with van der Waals surface area (Å²) < 4.78 is 0.